The molecule has 2 aromatic carbocycles. The van der Waals surface area contributed by atoms with Crippen LogP contribution in [0.15, 0.2) is 77.7 Å². The topological polar surface area (TPSA) is 103 Å². The molecule has 2 bridgehead atoms. The van der Waals surface area contributed by atoms with Crippen molar-refractivity contribution in [1.29, 1.82) is 0 Å². The lowest BCUT2D eigenvalue weighted by Gasteiger charge is -2.44. The predicted molar refractivity (Wildman–Crippen MR) is 157 cm³/mol. The molecule has 2 aromatic heterocycles. The minimum atomic E-state index is -4.58. The normalized spacial score (nSPS) is 20.4. The number of hydrogen-bond donors (Lipinski definition) is 3. The van der Waals surface area contributed by atoms with Crippen LogP contribution in [0.1, 0.15) is 47.3 Å². The fraction of sp³-hybridized carbons (Fsp3) is 0.312. The molecule has 43 heavy (non-hydrogen) atoms. The molecular weight excluding hydrogens is 557 g/mol. The van der Waals surface area contributed by atoms with E-state index in [-0.39, 0.29) is 34.9 Å². The maximum absolute atomic E-state index is 13.6. The lowest BCUT2D eigenvalue weighted by molar-refractivity contribution is -0.137. The Bertz CT molecular complexity index is 1680. The highest BCUT2D eigenvalue weighted by Crippen LogP contribution is 2.35. The average Bonchev–Trinajstić information content (AvgIpc) is 3.01. The van der Waals surface area contributed by atoms with E-state index < -0.39 is 23.2 Å². The maximum atomic E-state index is 13.6. The number of benzene rings is 2. The third-order valence-electron chi connectivity index (χ3n) is 8.31. The molecule has 5 heterocycles. The smallest absolute Gasteiger partial charge is 0.348 e. The van der Waals surface area contributed by atoms with E-state index in [0.29, 0.717) is 17.2 Å². The van der Waals surface area contributed by atoms with Crippen molar-refractivity contribution in [2.45, 2.75) is 38.0 Å². The number of amides is 1. The number of nitrogens with zero attached hydrogens (tertiary/aromatic N) is 3. The number of alkyl halides is 3. The van der Waals surface area contributed by atoms with Crippen LogP contribution in [0.25, 0.3) is 22.5 Å². The number of aromatic amines is 1. The lowest BCUT2D eigenvalue weighted by atomic mass is 9.84. The molecule has 0 saturated carbocycles. The minimum Gasteiger partial charge on any atom is -0.348 e. The minimum absolute atomic E-state index is 0.0738. The Morgan fingerprint density at radius 1 is 1.05 bits per heavy atom. The van der Waals surface area contributed by atoms with Crippen LogP contribution in [-0.2, 0) is 6.18 Å². The highest BCUT2D eigenvalue weighted by Gasteiger charge is 2.35. The number of halogens is 3. The van der Waals surface area contributed by atoms with Gasteiger partial charge >= 0.3 is 6.18 Å². The number of carbonyl (C=O) groups is 1. The summed E-state index contributed by atoms with van der Waals surface area (Å²) in [4.78, 5) is 40.7. The van der Waals surface area contributed by atoms with Gasteiger partial charge in [-0.25, -0.2) is 9.97 Å². The van der Waals surface area contributed by atoms with Gasteiger partial charge in [-0.1, -0.05) is 42.5 Å². The second-order valence-corrected chi connectivity index (χ2v) is 11.1. The van der Waals surface area contributed by atoms with Gasteiger partial charge in [0.05, 0.1) is 23.0 Å². The van der Waals surface area contributed by atoms with Crippen molar-refractivity contribution in [3.8, 4) is 22.5 Å². The van der Waals surface area contributed by atoms with E-state index in [9.17, 15) is 22.8 Å². The first kappa shape index (κ1) is 28.6. The summed E-state index contributed by atoms with van der Waals surface area (Å²) < 4.78 is 40.8. The highest BCUT2D eigenvalue weighted by atomic mass is 19.4. The molecule has 3 N–H and O–H groups in total. The van der Waals surface area contributed by atoms with Gasteiger partial charge in [0.15, 0.2) is 0 Å². The molecule has 0 spiro atoms. The van der Waals surface area contributed by atoms with E-state index in [2.05, 4.69) is 30.5 Å². The molecule has 3 fully saturated rings. The van der Waals surface area contributed by atoms with Crippen molar-refractivity contribution >= 4 is 11.9 Å². The Kier molecular flexibility index (Phi) is 7.74. The Morgan fingerprint density at radius 3 is 2.51 bits per heavy atom. The van der Waals surface area contributed by atoms with Crippen LogP contribution < -0.4 is 16.2 Å². The van der Waals surface area contributed by atoms with Gasteiger partial charge in [-0.05, 0) is 74.2 Å². The second kappa shape index (κ2) is 11.6. The van der Waals surface area contributed by atoms with E-state index in [0.717, 1.165) is 50.2 Å². The van der Waals surface area contributed by atoms with Gasteiger partial charge in [-0.2, -0.15) is 13.2 Å². The summed E-state index contributed by atoms with van der Waals surface area (Å²) in [5, 5.41) is 6.28. The Hall–Kier alpha value is -4.51. The number of nitrogens with one attached hydrogen (secondary N) is 3. The van der Waals surface area contributed by atoms with Crippen molar-refractivity contribution < 1.29 is 18.0 Å². The zero-order valence-electron chi connectivity index (χ0n) is 23.5. The molecule has 0 radical (unpaired) electrons. The molecule has 2 atom stereocenters. The van der Waals surface area contributed by atoms with Crippen molar-refractivity contribution in [2.75, 3.05) is 25.0 Å². The highest BCUT2D eigenvalue weighted by molar-refractivity contribution is 5.96. The number of rotatable bonds is 7. The molecule has 3 saturated heterocycles. The van der Waals surface area contributed by atoms with E-state index in [1.807, 2.05) is 37.3 Å². The summed E-state index contributed by atoms with van der Waals surface area (Å²) in [6.07, 6.45) is -1.08. The zero-order valence-corrected chi connectivity index (χ0v) is 23.5. The van der Waals surface area contributed by atoms with Gasteiger partial charge in [0.2, 0.25) is 5.95 Å². The van der Waals surface area contributed by atoms with Crippen LogP contribution in [0.2, 0.25) is 0 Å². The number of H-pyrrole nitrogens is 1. The Morgan fingerprint density at radius 2 is 1.81 bits per heavy atom. The third kappa shape index (κ3) is 6.17. The molecule has 11 heteroatoms. The number of pyridine rings is 1. The van der Waals surface area contributed by atoms with Crippen LogP contribution in [0, 0.1) is 5.92 Å². The molecular formula is C32H31F3N6O2. The summed E-state index contributed by atoms with van der Waals surface area (Å²) in [6.45, 7) is 4.68. The van der Waals surface area contributed by atoms with Crippen LogP contribution in [0.4, 0.5) is 19.1 Å². The largest absolute Gasteiger partial charge is 0.416 e. The van der Waals surface area contributed by atoms with Gasteiger partial charge in [0, 0.05) is 24.3 Å². The maximum Gasteiger partial charge on any atom is 0.416 e. The predicted octanol–water partition coefficient (Wildman–Crippen LogP) is 5.51. The lowest BCUT2D eigenvalue weighted by Crippen LogP contribution is -2.57. The van der Waals surface area contributed by atoms with Crippen LogP contribution >= 0.6 is 0 Å². The standard InChI is InChI=1S/C32H31F3N6O2/c1-19(20-6-3-2-4-7-20)37-31-36-13-10-26(39-31)24-17-25(29(42)38-27-18-41-14-11-21(27)12-15-41)30(43)40-28(24)22-8-5-9-23(16-22)32(33,34)35/h2-10,13,16-17,19,21,27H,11-12,14-15,18H2,1H3,(H,38,42)(H,40,43)(H,36,37,39)/t19-,27?/m0/s1. The van der Waals surface area contributed by atoms with E-state index in [4.69, 9.17) is 0 Å². The van der Waals surface area contributed by atoms with Crippen molar-refractivity contribution in [3.63, 3.8) is 0 Å². The molecule has 7 rings (SSSR count). The number of hydrogen-bond acceptors (Lipinski definition) is 6. The fourth-order valence-corrected chi connectivity index (χ4v) is 5.95. The van der Waals surface area contributed by atoms with E-state index in [1.165, 1.54) is 24.4 Å². The summed E-state index contributed by atoms with van der Waals surface area (Å²) >= 11 is 0. The molecule has 0 aliphatic carbocycles. The van der Waals surface area contributed by atoms with Gasteiger partial charge in [0.1, 0.15) is 5.56 Å². The first-order valence-electron chi connectivity index (χ1n) is 14.3. The number of aromatic nitrogens is 3. The van der Waals surface area contributed by atoms with Crippen LogP contribution in [0.3, 0.4) is 0 Å². The molecule has 8 nitrogen and oxygen atoms in total. The number of fused-ring (bicyclic) bond motifs is 3. The molecule has 3 aliphatic heterocycles. The van der Waals surface area contributed by atoms with Gasteiger partial charge in [-0.15, -0.1) is 0 Å². The number of carbonyl (C=O) groups excluding carboxylic acids is 1. The molecule has 3 aliphatic rings. The molecule has 1 unspecified atom stereocenters. The number of anilines is 1. The average molecular weight is 589 g/mol. The zero-order chi connectivity index (χ0) is 30.1. The van der Waals surface area contributed by atoms with Gasteiger partial charge < -0.3 is 20.5 Å². The van der Waals surface area contributed by atoms with Crippen LogP contribution in [0.5, 0.6) is 0 Å². The summed E-state index contributed by atoms with van der Waals surface area (Å²) in [7, 11) is 0. The van der Waals surface area contributed by atoms with Crippen LogP contribution in [-0.4, -0.2) is 51.4 Å². The molecule has 1 amide bonds. The van der Waals surface area contributed by atoms with Gasteiger partial charge in [0.25, 0.3) is 11.5 Å². The molecule has 4 aromatic rings. The third-order valence-corrected chi connectivity index (χ3v) is 8.31. The Balaban J connectivity index is 1.40. The first-order valence-corrected chi connectivity index (χ1v) is 14.3. The monoisotopic (exact) mass is 588 g/mol. The Labute approximate surface area is 246 Å². The van der Waals surface area contributed by atoms with Crippen molar-refractivity contribution in [3.05, 3.63) is 100.0 Å². The van der Waals surface area contributed by atoms with E-state index >= 15 is 0 Å². The summed E-state index contributed by atoms with van der Waals surface area (Å²) in [5.74, 6) is 0.106. The SMILES string of the molecule is C[C@H](Nc1nccc(-c2cc(C(=O)NC3CN4CCC3CC4)c(=O)[nH]c2-c2cccc(C(F)(F)F)c2)n1)c1ccccc1. The van der Waals surface area contributed by atoms with Crippen molar-refractivity contribution in [1.82, 2.24) is 25.2 Å². The number of piperidine rings is 3. The quantitative estimate of drug-likeness (QED) is 0.263. The second-order valence-electron chi connectivity index (χ2n) is 11.1. The summed E-state index contributed by atoms with van der Waals surface area (Å²) in [5.41, 5.74) is 0.218. The van der Waals surface area contributed by atoms with E-state index in [1.54, 1.807) is 6.07 Å². The summed E-state index contributed by atoms with van der Waals surface area (Å²) in [6, 6.07) is 17.2. The van der Waals surface area contributed by atoms with Crippen molar-refractivity contribution in [2.24, 2.45) is 5.92 Å². The van der Waals surface area contributed by atoms with Gasteiger partial charge in [-0.3, -0.25) is 9.59 Å². The fourth-order valence-electron chi connectivity index (χ4n) is 5.95. The first-order chi connectivity index (χ1) is 20.7. The molecule has 222 valence electrons.